The molecule has 1 spiro atoms. The largest absolute Gasteiger partial charge is 0.493 e. The maximum Gasteiger partial charge on any atom is 0.261 e. The van der Waals surface area contributed by atoms with Gasteiger partial charge in [-0.2, -0.15) is 8.42 Å². The zero-order valence-electron chi connectivity index (χ0n) is 22.9. The normalized spacial score (nSPS) is 30.2. The van der Waals surface area contributed by atoms with E-state index in [1.807, 2.05) is 0 Å². The number of hydrogen-bond donors (Lipinski definition) is 2. The molecule has 0 amide bonds. The summed E-state index contributed by atoms with van der Waals surface area (Å²) in [5.41, 5.74) is 6.34. The van der Waals surface area contributed by atoms with Crippen LogP contribution < -0.4 is 9.47 Å². The van der Waals surface area contributed by atoms with Crippen LogP contribution in [0.3, 0.4) is 0 Å². The number of aryl methyl sites for hydroxylation is 2. The standard InChI is InChI=1S/C29H32N2O3.CH4O3S/c1-16-5-4-6-19-20-14-29(32)22-13-18-9-10-21(33-3)26-23(18)28(29,11-12-31(22)15-17-7-8-17)27(34-26)25(20)30(2)24(16)19;1-5(2,3)4/h4-6,9-10,17,22,27,32H,7-8,11-15H2,1-3H3;1H3,(H,2,3,4)/t22-,27+,28+,29-;/m1./s1. The van der Waals surface area contributed by atoms with Gasteiger partial charge in [-0.15, -0.1) is 0 Å². The van der Waals surface area contributed by atoms with Crippen LogP contribution in [0, 0.1) is 12.8 Å². The second-order valence-electron chi connectivity index (χ2n) is 12.2. The topological polar surface area (TPSA) is 101 Å². The van der Waals surface area contributed by atoms with Crippen molar-refractivity contribution in [1.29, 1.82) is 0 Å². The fourth-order valence-electron chi connectivity index (χ4n) is 8.40. The minimum Gasteiger partial charge on any atom is -0.493 e. The predicted octanol–water partition coefficient (Wildman–Crippen LogP) is 3.70. The summed E-state index contributed by atoms with van der Waals surface area (Å²) < 4.78 is 41.0. The van der Waals surface area contributed by atoms with Gasteiger partial charge in [0.25, 0.3) is 10.1 Å². The van der Waals surface area contributed by atoms with Gasteiger partial charge in [0, 0.05) is 37.0 Å². The van der Waals surface area contributed by atoms with Gasteiger partial charge < -0.3 is 19.1 Å². The number of methoxy groups -OCH3 is 1. The third-order valence-corrected chi connectivity index (χ3v) is 9.98. The molecule has 3 aliphatic carbocycles. The van der Waals surface area contributed by atoms with Gasteiger partial charge in [0.05, 0.1) is 35.6 Å². The third kappa shape index (κ3) is 3.43. The Morgan fingerprint density at radius 2 is 1.95 bits per heavy atom. The van der Waals surface area contributed by atoms with Crippen molar-refractivity contribution in [3.63, 3.8) is 0 Å². The number of rotatable bonds is 3. The molecule has 1 saturated carbocycles. The molecule has 2 aliphatic heterocycles. The van der Waals surface area contributed by atoms with Gasteiger partial charge in [-0.1, -0.05) is 24.3 Å². The lowest BCUT2D eigenvalue weighted by Gasteiger charge is -2.63. The molecule has 2 bridgehead atoms. The minimum atomic E-state index is -3.67. The highest BCUT2D eigenvalue weighted by atomic mass is 32.2. The summed E-state index contributed by atoms with van der Waals surface area (Å²) in [4.78, 5) is 2.63. The van der Waals surface area contributed by atoms with E-state index in [2.05, 4.69) is 53.8 Å². The van der Waals surface area contributed by atoms with Crippen molar-refractivity contribution in [3.05, 3.63) is 58.3 Å². The third-order valence-electron chi connectivity index (χ3n) is 9.98. The van der Waals surface area contributed by atoms with Crippen molar-refractivity contribution in [2.75, 3.05) is 26.5 Å². The second-order valence-corrected chi connectivity index (χ2v) is 13.7. The van der Waals surface area contributed by atoms with Gasteiger partial charge in [-0.05, 0) is 67.8 Å². The zero-order valence-corrected chi connectivity index (χ0v) is 23.7. The average Bonchev–Trinajstić information content (AvgIpc) is 3.54. The van der Waals surface area contributed by atoms with Crippen molar-refractivity contribution in [1.82, 2.24) is 9.47 Å². The molecule has 8 nitrogen and oxygen atoms in total. The fraction of sp³-hybridized carbons (Fsp3) is 0.533. The number of nitrogens with zero attached hydrogens (tertiary/aromatic N) is 2. The maximum absolute atomic E-state index is 13.0. The van der Waals surface area contributed by atoms with E-state index in [1.54, 1.807) is 7.11 Å². The second kappa shape index (κ2) is 8.22. The molecular weight excluding hydrogens is 516 g/mol. The lowest BCUT2D eigenvalue weighted by Crippen LogP contribution is -2.74. The highest BCUT2D eigenvalue weighted by Gasteiger charge is 2.73. The van der Waals surface area contributed by atoms with E-state index < -0.39 is 21.1 Å². The van der Waals surface area contributed by atoms with Crippen LogP contribution in [0.4, 0.5) is 0 Å². The van der Waals surface area contributed by atoms with E-state index in [1.165, 1.54) is 51.7 Å². The molecule has 2 fully saturated rings. The Morgan fingerprint density at radius 1 is 1.21 bits per heavy atom. The van der Waals surface area contributed by atoms with Crippen LogP contribution in [0.2, 0.25) is 0 Å². The number of para-hydroxylation sites is 1. The number of likely N-dealkylation sites (tertiary alicyclic amines) is 1. The van der Waals surface area contributed by atoms with Crippen LogP contribution in [-0.2, 0) is 35.4 Å². The molecule has 0 radical (unpaired) electrons. The number of aliphatic hydroxyl groups is 1. The highest BCUT2D eigenvalue weighted by molar-refractivity contribution is 7.85. The number of fused-ring (bicyclic) bond motifs is 4. The summed E-state index contributed by atoms with van der Waals surface area (Å²) in [6.07, 6.45) is 5.68. The van der Waals surface area contributed by atoms with Crippen LogP contribution >= 0.6 is 0 Å². The van der Waals surface area contributed by atoms with E-state index in [-0.39, 0.29) is 12.1 Å². The molecule has 5 aliphatic rings. The van der Waals surface area contributed by atoms with Crippen LogP contribution in [0.1, 0.15) is 53.3 Å². The van der Waals surface area contributed by atoms with Crippen LogP contribution in [0.5, 0.6) is 11.5 Å². The maximum atomic E-state index is 13.0. The number of hydrogen-bond acceptors (Lipinski definition) is 6. The first-order valence-corrected chi connectivity index (χ1v) is 15.7. The van der Waals surface area contributed by atoms with Crippen molar-refractivity contribution in [2.24, 2.45) is 13.0 Å². The quantitative estimate of drug-likeness (QED) is 0.478. The van der Waals surface area contributed by atoms with Crippen molar-refractivity contribution in [3.8, 4) is 11.5 Å². The predicted molar refractivity (Wildman–Crippen MR) is 148 cm³/mol. The lowest BCUT2D eigenvalue weighted by molar-refractivity contribution is -0.173. The summed E-state index contributed by atoms with van der Waals surface area (Å²) in [5, 5.41) is 14.3. The molecule has 2 N–H and O–H groups in total. The molecule has 1 saturated heterocycles. The summed E-state index contributed by atoms with van der Waals surface area (Å²) in [5.74, 6) is 2.47. The fourth-order valence-corrected chi connectivity index (χ4v) is 8.40. The molecular formula is C30H36N2O6S. The average molecular weight is 553 g/mol. The molecule has 9 heteroatoms. The minimum absolute atomic E-state index is 0.119. The van der Waals surface area contributed by atoms with Gasteiger partial charge in [-0.25, -0.2) is 0 Å². The molecule has 4 atom stereocenters. The first-order chi connectivity index (χ1) is 18.5. The first kappa shape index (κ1) is 25.4. The number of piperidine rings is 1. The van der Waals surface area contributed by atoms with Gasteiger partial charge in [0.15, 0.2) is 17.6 Å². The number of aromatic nitrogens is 1. The smallest absolute Gasteiger partial charge is 0.261 e. The molecule has 8 rings (SSSR count). The summed E-state index contributed by atoms with van der Waals surface area (Å²) >= 11 is 0. The SMILES string of the molecule is COc1ccc2c3c1O[C@H]1c4c(c5cccc(C)c5n4C)C[C@@]4(O)[C@@H](C2)N(CC2CC2)CC[C@]314.CS(=O)(=O)O. The van der Waals surface area contributed by atoms with Crippen LogP contribution in [-0.4, -0.2) is 65.6 Å². The van der Waals surface area contributed by atoms with Crippen LogP contribution in [0.25, 0.3) is 10.9 Å². The Hall–Kier alpha value is -2.59. The zero-order chi connectivity index (χ0) is 27.5. The molecule has 3 aromatic rings. The monoisotopic (exact) mass is 552 g/mol. The van der Waals surface area contributed by atoms with E-state index in [0.717, 1.165) is 43.3 Å². The Kier molecular flexibility index (Phi) is 5.35. The van der Waals surface area contributed by atoms with Gasteiger partial charge in [0.2, 0.25) is 0 Å². The van der Waals surface area contributed by atoms with E-state index in [9.17, 15) is 13.5 Å². The van der Waals surface area contributed by atoms with Gasteiger partial charge in [0.1, 0.15) is 0 Å². The Morgan fingerprint density at radius 3 is 2.64 bits per heavy atom. The summed E-state index contributed by atoms with van der Waals surface area (Å²) in [6.45, 7) is 4.33. The van der Waals surface area contributed by atoms with Gasteiger partial charge >= 0.3 is 0 Å². The summed E-state index contributed by atoms with van der Waals surface area (Å²) in [6, 6.07) is 11.0. The summed E-state index contributed by atoms with van der Waals surface area (Å²) in [7, 11) is 0.241. The van der Waals surface area contributed by atoms with Gasteiger partial charge in [-0.3, -0.25) is 9.45 Å². The molecule has 39 heavy (non-hydrogen) atoms. The molecule has 2 aromatic carbocycles. The number of benzene rings is 2. The first-order valence-electron chi connectivity index (χ1n) is 13.8. The van der Waals surface area contributed by atoms with Crippen molar-refractivity contribution >= 4 is 21.0 Å². The number of ether oxygens (including phenoxy) is 2. The Labute approximate surface area is 229 Å². The van der Waals surface area contributed by atoms with E-state index in [0.29, 0.717) is 12.7 Å². The highest BCUT2D eigenvalue weighted by Crippen LogP contribution is 2.69. The molecule has 0 unspecified atom stereocenters. The van der Waals surface area contributed by atoms with Crippen molar-refractivity contribution in [2.45, 2.75) is 62.2 Å². The molecule has 208 valence electrons. The Balaban J connectivity index is 0.000000468. The van der Waals surface area contributed by atoms with E-state index in [4.69, 9.17) is 14.0 Å². The Bertz CT molecular complexity index is 1620. The van der Waals surface area contributed by atoms with Crippen molar-refractivity contribution < 1.29 is 27.6 Å². The van der Waals surface area contributed by atoms with Crippen LogP contribution in [0.15, 0.2) is 30.3 Å². The molecule has 3 heterocycles. The lowest BCUT2D eigenvalue weighted by atomic mass is 9.49. The molecule has 1 aromatic heterocycles. The van der Waals surface area contributed by atoms with E-state index >= 15 is 0 Å².